The van der Waals surface area contributed by atoms with Crippen LogP contribution in [0, 0.1) is 0 Å². The van der Waals surface area contributed by atoms with Crippen LogP contribution in [-0.4, -0.2) is 34.3 Å². The van der Waals surface area contributed by atoms with Gasteiger partial charge in [-0.1, -0.05) is 20.8 Å². The number of hydrogen-bond acceptors (Lipinski definition) is 5. The highest BCUT2D eigenvalue weighted by Crippen LogP contribution is 2.26. The van der Waals surface area contributed by atoms with Crippen molar-refractivity contribution in [2.45, 2.75) is 39.0 Å². The Bertz CT molecular complexity index is 1050. The van der Waals surface area contributed by atoms with Gasteiger partial charge in [0.15, 0.2) is 11.3 Å². The van der Waals surface area contributed by atoms with Gasteiger partial charge in [-0.2, -0.15) is 14.7 Å². The van der Waals surface area contributed by atoms with E-state index < -0.39 is 0 Å². The van der Waals surface area contributed by atoms with Crippen LogP contribution in [-0.2, 0) is 6.42 Å². The minimum absolute atomic E-state index is 0.108. The van der Waals surface area contributed by atoms with E-state index in [1.54, 1.807) is 23.0 Å². The van der Waals surface area contributed by atoms with Crippen molar-refractivity contribution in [3.63, 3.8) is 0 Å². The first-order valence-electron chi connectivity index (χ1n) is 8.39. The summed E-state index contributed by atoms with van der Waals surface area (Å²) in [7, 11) is 0. The summed E-state index contributed by atoms with van der Waals surface area (Å²) in [5.41, 5.74) is 4.50. The molecule has 0 aromatic carbocycles. The average molecular weight is 336 g/mol. The summed E-state index contributed by atoms with van der Waals surface area (Å²) in [4.78, 5) is 9.16. The maximum absolute atomic E-state index is 10.3. The molecule has 0 radical (unpaired) electrons. The zero-order valence-electron chi connectivity index (χ0n) is 14.5. The molecule has 1 N–H and O–H groups in total. The molecule has 7 heteroatoms. The minimum atomic E-state index is 0.108. The van der Waals surface area contributed by atoms with Crippen LogP contribution in [0.1, 0.15) is 49.4 Å². The normalized spacial score (nSPS) is 13.1. The van der Waals surface area contributed by atoms with Crippen molar-refractivity contribution in [2.75, 3.05) is 0 Å². The van der Waals surface area contributed by atoms with Gasteiger partial charge in [-0.05, 0) is 24.3 Å². The standard InChI is InChI=1S/C18H20N6O/c1-11(2)14-9-21-24-16(25)8-13(22-18(14)24)7-12(3)15-10-20-23-6-4-5-19-17(15)23/h4-6,8-12,25H,7H2,1-3H3. The van der Waals surface area contributed by atoms with Crippen molar-refractivity contribution in [1.29, 1.82) is 0 Å². The van der Waals surface area contributed by atoms with Gasteiger partial charge >= 0.3 is 0 Å². The van der Waals surface area contributed by atoms with Crippen LogP contribution in [0.3, 0.4) is 0 Å². The van der Waals surface area contributed by atoms with Crippen molar-refractivity contribution in [2.24, 2.45) is 0 Å². The molecule has 0 fully saturated rings. The number of rotatable bonds is 4. The summed E-state index contributed by atoms with van der Waals surface area (Å²) in [6.07, 6.45) is 7.96. The van der Waals surface area contributed by atoms with Crippen molar-refractivity contribution in [3.8, 4) is 5.88 Å². The first-order chi connectivity index (χ1) is 12.0. The molecule has 0 aliphatic carbocycles. The Morgan fingerprint density at radius 1 is 1.08 bits per heavy atom. The van der Waals surface area contributed by atoms with E-state index in [0.29, 0.717) is 12.3 Å². The Balaban J connectivity index is 1.71. The van der Waals surface area contributed by atoms with E-state index in [4.69, 9.17) is 4.98 Å². The van der Waals surface area contributed by atoms with Crippen molar-refractivity contribution >= 4 is 11.3 Å². The smallest absolute Gasteiger partial charge is 0.215 e. The lowest BCUT2D eigenvalue weighted by atomic mass is 9.98. The Hall–Kier alpha value is -2.96. The first kappa shape index (κ1) is 15.6. The summed E-state index contributed by atoms with van der Waals surface area (Å²) in [5.74, 6) is 0.574. The van der Waals surface area contributed by atoms with E-state index in [1.165, 1.54) is 4.52 Å². The molecule has 7 nitrogen and oxygen atoms in total. The fourth-order valence-corrected chi connectivity index (χ4v) is 3.14. The first-order valence-corrected chi connectivity index (χ1v) is 8.39. The number of aromatic hydroxyl groups is 1. The molecule has 0 aliphatic heterocycles. The third-order valence-corrected chi connectivity index (χ3v) is 4.51. The largest absolute Gasteiger partial charge is 0.493 e. The van der Waals surface area contributed by atoms with Crippen LogP contribution in [0.25, 0.3) is 11.3 Å². The second-order valence-electron chi connectivity index (χ2n) is 6.69. The van der Waals surface area contributed by atoms with E-state index >= 15 is 0 Å². The number of nitrogens with zero attached hydrogens (tertiary/aromatic N) is 6. The third kappa shape index (κ3) is 2.61. The molecule has 1 unspecified atom stereocenters. The zero-order chi connectivity index (χ0) is 17.6. The fraction of sp³-hybridized carbons (Fsp3) is 0.333. The Kier molecular flexibility index (Phi) is 3.63. The highest BCUT2D eigenvalue weighted by Gasteiger charge is 2.17. The van der Waals surface area contributed by atoms with Gasteiger partial charge in [0.1, 0.15) is 0 Å². The lowest BCUT2D eigenvalue weighted by Gasteiger charge is -2.11. The monoisotopic (exact) mass is 336 g/mol. The van der Waals surface area contributed by atoms with Gasteiger partial charge in [0.05, 0.1) is 12.4 Å². The lowest BCUT2D eigenvalue weighted by molar-refractivity contribution is 0.433. The van der Waals surface area contributed by atoms with Gasteiger partial charge in [0.25, 0.3) is 0 Å². The quantitative estimate of drug-likeness (QED) is 0.620. The van der Waals surface area contributed by atoms with Crippen LogP contribution in [0.15, 0.2) is 36.9 Å². The van der Waals surface area contributed by atoms with Gasteiger partial charge in [0.2, 0.25) is 5.88 Å². The Labute approximate surface area is 145 Å². The molecular formula is C18H20N6O. The number of aromatic nitrogens is 6. The Morgan fingerprint density at radius 2 is 1.88 bits per heavy atom. The highest BCUT2D eigenvalue weighted by molar-refractivity contribution is 5.51. The molecule has 4 aromatic rings. The zero-order valence-corrected chi connectivity index (χ0v) is 14.5. The predicted molar refractivity (Wildman–Crippen MR) is 93.8 cm³/mol. The van der Waals surface area contributed by atoms with Crippen LogP contribution in [0.2, 0.25) is 0 Å². The molecule has 0 saturated heterocycles. The number of fused-ring (bicyclic) bond motifs is 2. The summed E-state index contributed by atoms with van der Waals surface area (Å²) in [6.45, 7) is 6.31. The van der Waals surface area contributed by atoms with E-state index in [2.05, 4.69) is 36.0 Å². The topological polar surface area (TPSA) is 80.6 Å². The second kappa shape index (κ2) is 5.84. The molecule has 4 rings (SSSR count). The van der Waals surface area contributed by atoms with E-state index in [0.717, 1.165) is 28.1 Å². The van der Waals surface area contributed by atoms with E-state index in [1.807, 2.05) is 18.5 Å². The average Bonchev–Trinajstić information content (AvgIpc) is 3.18. The SMILES string of the molecule is CC(C)c1cnn2c(O)cc(CC(C)c3cnn4cccnc34)nc12. The van der Waals surface area contributed by atoms with Crippen LogP contribution >= 0.6 is 0 Å². The summed E-state index contributed by atoms with van der Waals surface area (Å²) >= 11 is 0. The molecular weight excluding hydrogens is 316 g/mol. The van der Waals surface area contributed by atoms with Gasteiger partial charge in [-0.15, -0.1) is 0 Å². The molecule has 0 amide bonds. The molecule has 0 saturated carbocycles. The minimum Gasteiger partial charge on any atom is -0.493 e. The van der Waals surface area contributed by atoms with Crippen LogP contribution < -0.4 is 0 Å². The van der Waals surface area contributed by atoms with Gasteiger partial charge in [0, 0.05) is 35.3 Å². The maximum Gasteiger partial charge on any atom is 0.215 e. The van der Waals surface area contributed by atoms with Crippen molar-refractivity contribution in [3.05, 3.63) is 53.7 Å². The lowest BCUT2D eigenvalue weighted by Crippen LogP contribution is -2.04. The van der Waals surface area contributed by atoms with Crippen LogP contribution in [0.5, 0.6) is 5.88 Å². The summed E-state index contributed by atoms with van der Waals surface area (Å²) < 4.78 is 3.26. The molecule has 25 heavy (non-hydrogen) atoms. The molecule has 0 bridgehead atoms. The van der Waals surface area contributed by atoms with E-state index in [-0.39, 0.29) is 11.8 Å². The Morgan fingerprint density at radius 3 is 2.68 bits per heavy atom. The van der Waals surface area contributed by atoms with Gasteiger partial charge in [-0.25, -0.2) is 14.5 Å². The van der Waals surface area contributed by atoms with Gasteiger partial charge < -0.3 is 5.11 Å². The van der Waals surface area contributed by atoms with Crippen LogP contribution in [0.4, 0.5) is 0 Å². The highest BCUT2D eigenvalue weighted by atomic mass is 16.3. The summed E-state index contributed by atoms with van der Waals surface area (Å²) in [5, 5.41) is 18.9. The number of hydrogen-bond donors (Lipinski definition) is 1. The van der Waals surface area contributed by atoms with E-state index in [9.17, 15) is 5.11 Å². The van der Waals surface area contributed by atoms with Crippen molar-refractivity contribution < 1.29 is 5.11 Å². The summed E-state index contributed by atoms with van der Waals surface area (Å²) in [6, 6.07) is 3.54. The molecule has 1 atom stereocenters. The van der Waals surface area contributed by atoms with Crippen molar-refractivity contribution in [1.82, 2.24) is 29.2 Å². The fourth-order valence-electron chi connectivity index (χ4n) is 3.14. The molecule has 4 heterocycles. The predicted octanol–water partition coefficient (Wildman–Crippen LogP) is 2.95. The molecule has 128 valence electrons. The maximum atomic E-state index is 10.3. The third-order valence-electron chi connectivity index (χ3n) is 4.51. The molecule has 0 spiro atoms. The molecule has 0 aliphatic rings. The van der Waals surface area contributed by atoms with Gasteiger partial charge in [-0.3, -0.25) is 0 Å². The molecule has 4 aromatic heterocycles. The second-order valence-corrected chi connectivity index (χ2v) is 6.69.